The third-order valence-corrected chi connectivity index (χ3v) is 8.18. The zero-order valence-electron chi connectivity index (χ0n) is 20.3. The molecule has 0 aliphatic carbocycles. The monoisotopic (exact) mass is 493 g/mol. The number of methoxy groups -OCH3 is 1. The Morgan fingerprint density at radius 1 is 1.03 bits per heavy atom. The van der Waals surface area contributed by atoms with Crippen molar-refractivity contribution in [3.63, 3.8) is 0 Å². The van der Waals surface area contributed by atoms with E-state index in [0.29, 0.717) is 18.7 Å². The number of aryl methyl sites for hydroxylation is 1. The van der Waals surface area contributed by atoms with Crippen LogP contribution < -0.4 is 14.4 Å². The van der Waals surface area contributed by atoms with E-state index in [1.807, 2.05) is 67.5 Å². The molecule has 3 aromatic carbocycles. The standard InChI is InChI=1S/C27H31N3O4S/c1-29(2)26(21-10-14-23(34-3)15-11-21)19-28-27(31)22-12-16-24(17-13-22)35(32,33)30-18-6-8-20-7-4-5-9-25(20)30/h4-5,7,9-17,26H,6,8,18-19H2,1-3H3,(H,28,31)/t26-/m0/s1. The highest BCUT2D eigenvalue weighted by Crippen LogP contribution is 2.31. The van der Waals surface area contributed by atoms with Crippen LogP contribution in [0, 0.1) is 0 Å². The van der Waals surface area contributed by atoms with Crippen LogP contribution >= 0.6 is 0 Å². The number of hydrogen-bond donors (Lipinski definition) is 1. The molecule has 7 nitrogen and oxygen atoms in total. The summed E-state index contributed by atoms with van der Waals surface area (Å²) < 4.78 is 33.4. The summed E-state index contributed by atoms with van der Waals surface area (Å²) >= 11 is 0. The summed E-state index contributed by atoms with van der Waals surface area (Å²) in [6.07, 6.45) is 1.64. The van der Waals surface area contributed by atoms with Gasteiger partial charge in [0, 0.05) is 18.7 Å². The largest absolute Gasteiger partial charge is 0.497 e. The highest BCUT2D eigenvalue weighted by atomic mass is 32.2. The summed E-state index contributed by atoms with van der Waals surface area (Å²) in [5.74, 6) is 0.524. The molecule has 8 heteroatoms. The van der Waals surface area contributed by atoms with Crippen LogP contribution in [-0.2, 0) is 16.4 Å². The average Bonchev–Trinajstić information content (AvgIpc) is 2.88. The summed E-state index contributed by atoms with van der Waals surface area (Å²) in [4.78, 5) is 15.0. The maximum atomic E-state index is 13.3. The van der Waals surface area contributed by atoms with Crippen molar-refractivity contribution < 1.29 is 17.9 Å². The van der Waals surface area contributed by atoms with Crippen molar-refractivity contribution >= 4 is 21.6 Å². The summed E-state index contributed by atoms with van der Waals surface area (Å²) in [6.45, 7) is 0.849. The van der Waals surface area contributed by atoms with Crippen molar-refractivity contribution in [3.8, 4) is 5.75 Å². The molecule has 0 aromatic heterocycles. The number of benzene rings is 3. The Morgan fingerprint density at radius 2 is 1.71 bits per heavy atom. The van der Waals surface area contributed by atoms with E-state index < -0.39 is 10.0 Å². The summed E-state index contributed by atoms with van der Waals surface area (Å²) in [7, 11) is 1.83. The Labute approximate surface area is 207 Å². The normalized spacial score (nSPS) is 14.3. The SMILES string of the molecule is COc1ccc([C@H](CNC(=O)c2ccc(S(=O)(=O)N3CCCc4ccccc43)cc2)N(C)C)cc1. The molecule has 1 amide bonds. The first kappa shape index (κ1) is 24.8. The number of carbonyl (C=O) groups excluding carboxylic acids is 1. The topological polar surface area (TPSA) is 78.9 Å². The summed E-state index contributed by atoms with van der Waals surface area (Å²) in [5.41, 5.74) is 3.23. The molecule has 3 aromatic rings. The molecular formula is C27H31N3O4S. The highest BCUT2D eigenvalue weighted by Gasteiger charge is 2.29. The van der Waals surface area contributed by atoms with Crippen LogP contribution in [0.4, 0.5) is 5.69 Å². The van der Waals surface area contributed by atoms with Crippen molar-refractivity contribution in [3.05, 3.63) is 89.5 Å². The number of likely N-dealkylation sites (N-methyl/N-ethyl adjacent to an activating group) is 1. The molecule has 1 heterocycles. The number of carbonyl (C=O) groups is 1. The number of anilines is 1. The third kappa shape index (κ3) is 5.33. The van der Waals surface area contributed by atoms with E-state index in [1.165, 1.54) is 16.4 Å². The lowest BCUT2D eigenvalue weighted by Crippen LogP contribution is -2.35. The zero-order chi connectivity index (χ0) is 25.0. The van der Waals surface area contributed by atoms with E-state index in [2.05, 4.69) is 5.32 Å². The van der Waals surface area contributed by atoms with E-state index in [-0.39, 0.29) is 16.8 Å². The molecule has 0 fully saturated rings. The lowest BCUT2D eigenvalue weighted by Gasteiger charge is -2.30. The molecule has 0 unspecified atom stereocenters. The lowest BCUT2D eigenvalue weighted by molar-refractivity contribution is 0.0942. The van der Waals surface area contributed by atoms with Gasteiger partial charge in [0.2, 0.25) is 0 Å². The van der Waals surface area contributed by atoms with Gasteiger partial charge in [-0.2, -0.15) is 0 Å². The maximum Gasteiger partial charge on any atom is 0.264 e. The van der Waals surface area contributed by atoms with Crippen LogP contribution in [0.2, 0.25) is 0 Å². The minimum absolute atomic E-state index is 0.0244. The fraction of sp³-hybridized carbons (Fsp3) is 0.296. The van der Waals surface area contributed by atoms with Crippen molar-refractivity contribution in [1.82, 2.24) is 10.2 Å². The number of nitrogens with one attached hydrogen (secondary N) is 1. The van der Waals surface area contributed by atoms with Crippen molar-refractivity contribution in [1.29, 1.82) is 0 Å². The van der Waals surface area contributed by atoms with Crippen LogP contribution in [0.15, 0.2) is 77.7 Å². The zero-order valence-corrected chi connectivity index (χ0v) is 21.1. The first-order valence-corrected chi connectivity index (χ1v) is 13.0. The number of hydrogen-bond acceptors (Lipinski definition) is 5. The second kappa shape index (κ2) is 10.5. The van der Waals surface area contributed by atoms with Gasteiger partial charge in [0.05, 0.1) is 23.7 Å². The second-order valence-corrected chi connectivity index (χ2v) is 10.7. The van der Waals surface area contributed by atoms with Gasteiger partial charge in [-0.05, 0) is 80.5 Å². The molecular weight excluding hydrogens is 462 g/mol. The predicted molar refractivity (Wildman–Crippen MR) is 137 cm³/mol. The molecule has 35 heavy (non-hydrogen) atoms. The second-order valence-electron chi connectivity index (χ2n) is 8.80. The summed E-state index contributed by atoms with van der Waals surface area (Å²) in [5, 5.41) is 2.97. The molecule has 1 atom stereocenters. The van der Waals surface area contributed by atoms with Gasteiger partial charge in [-0.1, -0.05) is 30.3 Å². The van der Waals surface area contributed by atoms with Gasteiger partial charge in [-0.3, -0.25) is 9.10 Å². The van der Waals surface area contributed by atoms with E-state index in [4.69, 9.17) is 4.74 Å². The van der Waals surface area contributed by atoms with E-state index in [1.54, 1.807) is 19.2 Å². The van der Waals surface area contributed by atoms with Gasteiger partial charge in [0.25, 0.3) is 15.9 Å². The fourth-order valence-electron chi connectivity index (χ4n) is 4.37. The van der Waals surface area contributed by atoms with Gasteiger partial charge in [0.15, 0.2) is 0 Å². The van der Waals surface area contributed by atoms with Crippen LogP contribution in [-0.4, -0.2) is 53.5 Å². The summed E-state index contributed by atoms with van der Waals surface area (Å²) in [6, 6.07) is 21.5. The van der Waals surface area contributed by atoms with E-state index in [0.717, 1.165) is 35.4 Å². The van der Waals surface area contributed by atoms with Crippen molar-refractivity contribution in [2.24, 2.45) is 0 Å². The third-order valence-electron chi connectivity index (χ3n) is 6.35. The van der Waals surface area contributed by atoms with Crippen LogP contribution in [0.3, 0.4) is 0 Å². The van der Waals surface area contributed by atoms with Gasteiger partial charge >= 0.3 is 0 Å². The maximum absolute atomic E-state index is 13.3. The van der Waals surface area contributed by atoms with Crippen LogP contribution in [0.1, 0.15) is 33.9 Å². The molecule has 1 aliphatic rings. The molecule has 184 valence electrons. The first-order chi connectivity index (χ1) is 16.8. The smallest absolute Gasteiger partial charge is 0.264 e. The Hall–Kier alpha value is -3.36. The Balaban J connectivity index is 1.46. The highest BCUT2D eigenvalue weighted by molar-refractivity contribution is 7.92. The number of amides is 1. The van der Waals surface area contributed by atoms with Gasteiger partial charge < -0.3 is 15.0 Å². The van der Waals surface area contributed by atoms with Gasteiger partial charge in [-0.25, -0.2) is 8.42 Å². The van der Waals surface area contributed by atoms with Crippen LogP contribution in [0.5, 0.6) is 5.75 Å². The van der Waals surface area contributed by atoms with Gasteiger partial charge in [0.1, 0.15) is 5.75 Å². The Morgan fingerprint density at radius 3 is 2.37 bits per heavy atom. The quantitative estimate of drug-likeness (QED) is 0.515. The minimum Gasteiger partial charge on any atom is -0.497 e. The number of ether oxygens (including phenoxy) is 1. The number of para-hydroxylation sites is 1. The van der Waals surface area contributed by atoms with Crippen LogP contribution in [0.25, 0.3) is 0 Å². The molecule has 1 aliphatic heterocycles. The van der Waals surface area contributed by atoms with E-state index >= 15 is 0 Å². The molecule has 0 bridgehead atoms. The molecule has 0 radical (unpaired) electrons. The van der Waals surface area contributed by atoms with Gasteiger partial charge in [-0.15, -0.1) is 0 Å². The first-order valence-electron chi connectivity index (χ1n) is 11.6. The minimum atomic E-state index is -3.71. The molecule has 4 rings (SSSR count). The number of fused-ring (bicyclic) bond motifs is 1. The Kier molecular flexibility index (Phi) is 7.42. The molecule has 0 saturated carbocycles. The number of nitrogens with zero attached hydrogens (tertiary/aromatic N) is 2. The number of sulfonamides is 1. The Bertz CT molecular complexity index is 1270. The number of rotatable bonds is 8. The predicted octanol–water partition coefficient (Wildman–Crippen LogP) is 3.87. The molecule has 0 spiro atoms. The average molecular weight is 494 g/mol. The molecule has 0 saturated heterocycles. The molecule has 1 N–H and O–H groups in total. The van der Waals surface area contributed by atoms with Crippen molar-refractivity contribution in [2.75, 3.05) is 38.6 Å². The van der Waals surface area contributed by atoms with Crippen molar-refractivity contribution in [2.45, 2.75) is 23.8 Å². The lowest BCUT2D eigenvalue weighted by atomic mass is 10.0. The fourth-order valence-corrected chi connectivity index (χ4v) is 5.91. The van der Waals surface area contributed by atoms with E-state index in [9.17, 15) is 13.2 Å².